The summed E-state index contributed by atoms with van der Waals surface area (Å²) in [5.41, 5.74) is 0.833. The van der Waals surface area contributed by atoms with E-state index in [1.807, 2.05) is 30.3 Å². The van der Waals surface area contributed by atoms with Crippen LogP contribution in [0.4, 0.5) is 0 Å². The van der Waals surface area contributed by atoms with Gasteiger partial charge in [0, 0.05) is 20.6 Å². The first-order valence-corrected chi connectivity index (χ1v) is 11.4. The maximum absolute atomic E-state index is 12.7. The molecule has 30 heavy (non-hydrogen) atoms. The Balaban J connectivity index is 1.48. The van der Waals surface area contributed by atoms with Gasteiger partial charge in [0.25, 0.3) is 5.91 Å². The number of aliphatic carboxylic acids is 1. The summed E-state index contributed by atoms with van der Waals surface area (Å²) in [6.45, 7) is 0. The summed E-state index contributed by atoms with van der Waals surface area (Å²) in [6.07, 6.45) is 0.168. The minimum Gasteiger partial charge on any atom is -0.477 e. The van der Waals surface area contributed by atoms with E-state index in [-0.39, 0.29) is 18.0 Å². The van der Waals surface area contributed by atoms with E-state index in [0.717, 1.165) is 10.5 Å². The van der Waals surface area contributed by atoms with E-state index >= 15 is 0 Å². The Morgan fingerprint density at radius 3 is 2.53 bits per heavy atom. The predicted molar refractivity (Wildman–Crippen MR) is 117 cm³/mol. The van der Waals surface area contributed by atoms with Crippen LogP contribution in [-0.2, 0) is 20.8 Å². The molecule has 1 saturated heterocycles. The molecule has 2 heterocycles. The second-order valence-electron chi connectivity index (χ2n) is 6.75. The molecule has 4 rings (SSSR count). The molecule has 0 bridgehead atoms. The standard InChI is InChI=1S/C21H17ClN2O4S2/c22-13-6-8-14(9-7-13)30-15-11-29-20-17(19(26)24(20)18(15)21(27)28)23-16(25)10-12-4-2-1-3-5-12/h1-9,17,20H,10-11H2,(H,23,25)(H,27,28)/t17-,20-/m1/s1. The highest BCUT2D eigenvalue weighted by Gasteiger charge is 2.54. The van der Waals surface area contributed by atoms with E-state index in [1.54, 1.807) is 24.3 Å². The molecule has 0 aromatic heterocycles. The van der Waals surface area contributed by atoms with Gasteiger partial charge in [-0.25, -0.2) is 4.79 Å². The van der Waals surface area contributed by atoms with Crippen LogP contribution in [0, 0.1) is 0 Å². The molecule has 0 saturated carbocycles. The van der Waals surface area contributed by atoms with Gasteiger partial charge in [0.05, 0.1) is 6.42 Å². The molecule has 2 aliphatic heterocycles. The highest BCUT2D eigenvalue weighted by molar-refractivity contribution is 8.06. The first kappa shape index (κ1) is 20.8. The number of thioether (sulfide) groups is 2. The topological polar surface area (TPSA) is 86.7 Å². The summed E-state index contributed by atoms with van der Waals surface area (Å²) >= 11 is 8.66. The minimum atomic E-state index is -1.15. The van der Waals surface area contributed by atoms with Crippen LogP contribution < -0.4 is 5.32 Å². The number of hydrogen-bond acceptors (Lipinski definition) is 5. The number of carbonyl (C=O) groups excluding carboxylic acids is 2. The van der Waals surface area contributed by atoms with Crippen molar-refractivity contribution < 1.29 is 19.5 Å². The van der Waals surface area contributed by atoms with Crippen molar-refractivity contribution >= 4 is 52.9 Å². The zero-order chi connectivity index (χ0) is 21.3. The molecule has 2 N–H and O–H groups in total. The van der Waals surface area contributed by atoms with Crippen LogP contribution in [0.3, 0.4) is 0 Å². The number of carboxylic acid groups (broad SMARTS) is 1. The average Bonchev–Trinajstić information content (AvgIpc) is 2.74. The molecule has 2 amide bonds. The third-order valence-electron chi connectivity index (χ3n) is 4.71. The van der Waals surface area contributed by atoms with Gasteiger partial charge in [0.15, 0.2) is 0 Å². The fourth-order valence-electron chi connectivity index (χ4n) is 3.32. The number of nitrogens with one attached hydrogen (secondary N) is 1. The number of nitrogens with zero attached hydrogens (tertiary/aromatic N) is 1. The number of hydrogen-bond donors (Lipinski definition) is 2. The van der Waals surface area contributed by atoms with Gasteiger partial charge in [-0.15, -0.1) is 11.8 Å². The molecule has 0 unspecified atom stereocenters. The van der Waals surface area contributed by atoms with Crippen LogP contribution in [0.2, 0.25) is 5.02 Å². The fourth-order valence-corrected chi connectivity index (χ4v) is 5.92. The van der Waals surface area contributed by atoms with Crippen molar-refractivity contribution in [1.29, 1.82) is 0 Å². The molecular weight excluding hydrogens is 444 g/mol. The zero-order valence-electron chi connectivity index (χ0n) is 15.6. The molecular formula is C21H17ClN2O4S2. The number of benzene rings is 2. The smallest absolute Gasteiger partial charge is 0.353 e. The lowest BCUT2D eigenvalue weighted by Crippen LogP contribution is -2.70. The van der Waals surface area contributed by atoms with Gasteiger partial charge >= 0.3 is 5.97 Å². The molecule has 154 valence electrons. The van der Waals surface area contributed by atoms with Gasteiger partial charge in [-0.1, -0.05) is 53.7 Å². The number of fused-ring (bicyclic) bond motifs is 1. The number of rotatable bonds is 6. The predicted octanol–water partition coefficient (Wildman–Crippen LogP) is 3.37. The first-order valence-electron chi connectivity index (χ1n) is 9.12. The van der Waals surface area contributed by atoms with Crippen molar-refractivity contribution in [2.45, 2.75) is 22.7 Å². The summed E-state index contributed by atoms with van der Waals surface area (Å²) in [5, 5.41) is 12.7. The largest absolute Gasteiger partial charge is 0.477 e. The Morgan fingerprint density at radius 1 is 1.17 bits per heavy atom. The Bertz CT molecular complexity index is 1030. The number of carboxylic acids is 1. The normalized spacial score (nSPS) is 20.4. The highest BCUT2D eigenvalue weighted by Crippen LogP contribution is 2.45. The molecule has 2 aromatic rings. The third-order valence-corrected chi connectivity index (χ3v) is 7.52. The lowest BCUT2D eigenvalue weighted by molar-refractivity contribution is -0.150. The van der Waals surface area contributed by atoms with Crippen molar-refractivity contribution in [3.63, 3.8) is 0 Å². The van der Waals surface area contributed by atoms with Crippen LogP contribution in [0.5, 0.6) is 0 Å². The minimum absolute atomic E-state index is 0.0164. The molecule has 2 aliphatic rings. The van der Waals surface area contributed by atoms with E-state index in [1.165, 1.54) is 28.4 Å². The van der Waals surface area contributed by atoms with Crippen LogP contribution in [-0.4, -0.2) is 45.0 Å². The van der Waals surface area contributed by atoms with E-state index in [2.05, 4.69) is 5.32 Å². The van der Waals surface area contributed by atoms with Gasteiger partial charge < -0.3 is 10.4 Å². The lowest BCUT2D eigenvalue weighted by atomic mass is 10.0. The first-order chi connectivity index (χ1) is 14.4. The third kappa shape index (κ3) is 4.21. The quantitative estimate of drug-likeness (QED) is 0.643. The SMILES string of the molecule is O=C(Cc1ccccc1)N[C@@H]1C(=O)N2C(C(=O)O)=C(Sc3ccc(Cl)cc3)CS[C@H]12. The molecule has 1 fully saturated rings. The van der Waals surface area contributed by atoms with Gasteiger partial charge in [-0.05, 0) is 29.8 Å². The Kier molecular flexibility index (Phi) is 6.08. The maximum atomic E-state index is 12.7. The van der Waals surface area contributed by atoms with Gasteiger partial charge in [-0.3, -0.25) is 14.5 Å². The van der Waals surface area contributed by atoms with Crippen LogP contribution in [0.25, 0.3) is 0 Å². The summed E-state index contributed by atoms with van der Waals surface area (Å²) in [6, 6.07) is 15.6. The molecule has 0 aliphatic carbocycles. The number of amides is 2. The van der Waals surface area contributed by atoms with Crippen molar-refractivity contribution in [3.05, 3.63) is 75.8 Å². The Hall–Kier alpha value is -2.42. The van der Waals surface area contributed by atoms with Gasteiger partial charge in [0.2, 0.25) is 5.91 Å². The Labute approximate surface area is 186 Å². The summed E-state index contributed by atoms with van der Waals surface area (Å²) in [5.74, 6) is -1.38. The van der Waals surface area contributed by atoms with E-state index in [9.17, 15) is 19.5 Å². The van der Waals surface area contributed by atoms with Crippen LogP contribution in [0.1, 0.15) is 5.56 Å². The molecule has 0 radical (unpaired) electrons. The average molecular weight is 461 g/mol. The summed E-state index contributed by atoms with van der Waals surface area (Å²) in [4.78, 5) is 39.7. The second kappa shape index (κ2) is 8.75. The lowest BCUT2D eigenvalue weighted by Gasteiger charge is -2.49. The van der Waals surface area contributed by atoms with Gasteiger partial charge in [0.1, 0.15) is 17.1 Å². The van der Waals surface area contributed by atoms with Crippen molar-refractivity contribution in [2.24, 2.45) is 0 Å². The van der Waals surface area contributed by atoms with Crippen molar-refractivity contribution in [3.8, 4) is 0 Å². The van der Waals surface area contributed by atoms with Crippen LogP contribution in [0.15, 0.2) is 70.1 Å². The molecule has 0 spiro atoms. The molecule has 9 heteroatoms. The van der Waals surface area contributed by atoms with E-state index in [4.69, 9.17) is 11.6 Å². The zero-order valence-corrected chi connectivity index (χ0v) is 18.0. The Morgan fingerprint density at radius 2 is 1.87 bits per heavy atom. The maximum Gasteiger partial charge on any atom is 0.353 e. The van der Waals surface area contributed by atoms with E-state index < -0.39 is 23.3 Å². The molecule has 2 atom stereocenters. The van der Waals surface area contributed by atoms with Gasteiger partial charge in [-0.2, -0.15) is 0 Å². The number of halogens is 1. The number of carbonyl (C=O) groups is 3. The van der Waals surface area contributed by atoms with Crippen LogP contribution >= 0.6 is 35.1 Å². The van der Waals surface area contributed by atoms with Crippen molar-refractivity contribution in [2.75, 3.05) is 5.75 Å². The highest BCUT2D eigenvalue weighted by atomic mass is 35.5. The monoisotopic (exact) mass is 460 g/mol. The molecule has 6 nitrogen and oxygen atoms in total. The summed E-state index contributed by atoms with van der Waals surface area (Å²) in [7, 11) is 0. The summed E-state index contributed by atoms with van der Waals surface area (Å²) < 4.78 is 0. The van der Waals surface area contributed by atoms with E-state index in [0.29, 0.717) is 15.7 Å². The fraction of sp³-hybridized carbons (Fsp3) is 0.190. The molecule has 2 aromatic carbocycles. The van der Waals surface area contributed by atoms with Crippen molar-refractivity contribution in [1.82, 2.24) is 10.2 Å². The number of β-lactam (4-membered cyclic amide) rings is 1. The second-order valence-corrected chi connectivity index (χ2v) is 9.46.